The number of hydrogen-bond acceptors (Lipinski definition) is 5. The van der Waals surface area contributed by atoms with Gasteiger partial charge in [-0.25, -0.2) is 4.98 Å². The van der Waals surface area contributed by atoms with Gasteiger partial charge in [0.15, 0.2) is 5.16 Å². The van der Waals surface area contributed by atoms with E-state index in [9.17, 15) is 9.59 Å². The zero-order valence-corrected chi connectivity index (χ0v) is 15.2. The molecule has 0 aliphatic rings. The van der Waals surface area contributed by atoms with Crippen LogP contribution in [0.25, 0.3) is 15.9 Å². The average molecular weight is 359 g/mol. The Kier molecular flexibility index (Phi) is 4.73. The minimum absolute atomic E-state index is 0.0138. The molecular weight excluding hydrogens is 342 g/mol. The molecule has 1 atom stereocenters. The van der Waals surface area contributed by atoms with Crippen LogP contribution in [-0.2, 0) is 4.79 Å². The third kappa shape index (κ3) is 3.09. The van der Waals surface area contributed by atoms with Crippen LogP contribution in [0.4, 0.5) is 0 Å². The summed E-state index contributed by atoms with van der Waals surface area (Å²) >= 11 is 2.73. The molecule has 0 aliphatic carbocycles. The Morgan fingerprint density at radius 2 is 1.96 bits per heavy atom. The minimum atomic E-state index is -0.334. The van der Waals surface area contributed by atoms with E-state index in [2.05, 4.69) is 4.98 Å². The smallest absolute Gasteiger partial charge is 0.267 e. The number of benzene rings is 1. The highest BCUT2D eigenvalue weighted by Crippen LogP contribution is 2.27. The fourth-order valence-corrected chi connectivity index (χ4v) is 4.23. The van der Waals surface area contributed by atoms with E-state index in [1.54, 1.807) is 29.6 Å². The number of para-hydroxylation sites is 1. The molecule has 0 saturated carbocycles. The van der Waals surface area contributed by atoms with Crippen molar-refractivity contribution in [1.29, 1.82) is 0 Å². The molecule has 0 spiro atoms. The number of rotatable bonds is 4. The molecule has 3 rings (SSSR count). The second-order valence-corrected chi connectivity index (χ2v) is 7.71. The summed E-state index contributed by atoms with van der Waals surface area (Å²) in [5, 5.41) is 2.65. The maximum absolute atomic E-state index is 12.9. The van der Waals surface area contributed by atoms with E-state index in [1.807, 2.05) is 42.6 Å². The van der Waals surface area contributed by atoms with Crippen molar-refractivity contribution in [3.63, 3.8) is 0 Å². The van der Waals surface area contributed by atoms with Crippen LogP contribution in [-0.4, -0.2) is 39.7 Å². The molecule has 5 nitrogen and oxygen atoms in total. The molecule has 0 aliphatic heterocycles. The molecule has 1 aromatic carbocycles. The zero-order chi connectivity index (χ0) is 17.3. The predicted octanol–water partition coefficient (Wildman–Crippen LogP) is 3.02. The van der Waals surface area contributed by atoms with Crippen molar-refractivity contribution in [3.8, 4) is 5.69 Å². The van der Waals surface area contributed by atoms with Gasteiger partial charge < -0.3 is 4.90 Å². The Morgan fingerprint density at radius 1 is 1.25 bits per heavy atom. The lowest BCUT2D eigenvalue weighted by molar-refractivity contribution is -0.127. The number of fused-ring (bicyclic) bond motifs is 1. The summed E-state index contributed by atoms with van der Waals surface area (Å²) in [6.07, 6.45) is 0. The average Bonchev–Trinajstić information content (AvgIpc) is 3.03. The summed E-state index contributed by atoms with van der Waals surface area (Å²) < 4.78 is 1.58. The molecule has 1 amide bonds. The predicted molar refractivity (Wildman–Crippen MR) is 99.2 cm³/mol. The molecule has 0 fully saturated rings. The van der Waals surface area contributed by atoms with E-state index >= 15 is 0 Å². The fraction of sp³-hybridized carbons (Fsp3) is 0.235. The minimum Gasteiger partial charge on any atom is -0.348 e. The van der Waals surface area contributed by atoms with E-state index in [0.29, 0.717) is 15.4 Å². The highest BCUT2D eigenvalue weighted by atomic mass is 32.2. The van der Waals surface area contributed by atoms with Crippen LogP contribution in [0.5, 0.6) is 0 Å². The molecule has 124 valence electrons. The molecule has 2 aromatic heterocycles. The first-order valence-electron chi connectivity index (χ1n) is 7.42. The summed E-state index contributed by atoms with van der Waals surface area (Å²) in [4.78, 5) is 32.0. The summed E-state index contributed by atoms with van der Waals surface area (Å²) in [6.45, 7) is 1.83. The van der Waals surface area contributed by atoms with Crippen LogP contribution >= 0.6 is 23.1 Å². The number of carbonyl (C=O) groups is 1. The Hall–Kier alpha value is -2.12. The highest BCUT2D eigenvalue weighted by Gasteiger charge is 2.21. The quantitative estimate of drug-likeness (QED) is 0.531. The molecule has 0 N–H and O–H groups in total. The fourth-order valence-electron chi connectivity index (χ4n) is 2.35. The highest BCUT2D eigenvalue weighted by molar-refractivity contribution is 8.00. The van der Waals surface area contributed by atoms with Crippen LogP contribution in [0, 0.1) is 0 Å². The number of carbonyl (C=O) groups excluding carboxylic acids is 1. The zero-order valence-electron chi connectivity index (χ0n) is 13.6. The largest absolute Gasteiger partial charge is 0.348 e. The maximum Gasteiger partial charge on any atom is 0.267 e. The summed E-state index contributed by atoms with van der Waals surface area (Å²) in [6, 6.07) is 11.2. The van der Waals surface area contributed by atoms with Gasteiger partial charge in [-0.3, -0.25) is 14.2 Å². The first kappa shape index (κ1) is 16.7. The van der Waals surface area contributed by atoms with Gasteiger partial charge in [0.25, 0.3) is 5.56 Å². The van der Waals surface area contributed by atoms with Gasteiger partial charge in [0, 0.05) is 14.1 Å². The standard InChI is InChI=1S/C17H17N3O2S2/c1-11(15(21)19(2)3)24-17-18-14-13(9-10-23-14)16(22)20(17)12-7-5-4-6-8-12/h4-11H,1-3H3/t11-/m0/s1. The molecule has 0 bridgehead atoms. The topological polar surface area (TPSA) is 55.2 Å². The SMILES string of the molecule is C[C@H](Sc1nc2sccc2c(=O)n1-c1ccccc1)C(=O)N(C)C. The van der Waals surface area contributed by atoms with E-state index in [1.165, 1.54) is 23.1 Å². The lowest BCUT2D eigenvalue weighted by atomic mass is 10.3. The number of aromatic nitrogens is 2. The van der Waals surface area contributed by atoms with Crippen LogP contribution < -0.4 is 5.56 Å². The lowest BCUT2D eigenvalue weighted by Gasteiger charge is -2.18. The van der Waals surface area contributed by atoms with E-state index < -0.39 is 0 Å². The van der Waals surface area contributed by atoms with Crippen LogP contribution in [0.2, 0.25) is 0 Å². The second kappa shape index (κ2) is 6.78. The Labute approximate surface area is 147 Å². The third-order valence-electron chi connectivity index (χ3n) is 3.55. The lowest BCUT2D eigenvalue weighted by Crippen LogP contribution is -2.30. The monoisotopic (exact) mass is 359 g/mol. The maximum atomic E-state index is 12.9. The van der Waals surface area contributed by atoms with Gasteiger partial charge >= 0.3 is 0 Å². The van der Waals surface area contributed by atoms with Gasteiger partial charge in [-0.2, -0.15) is 0 Å². The number of nitrogens with zero attached hydrogens (tertiary/aromatic N) is 3. The summed E-state index contributed by atoms with van der Waals surface area (Å²) in [5.74, 6) is -0.0138. The molecule has 0 radical (unpaired) electrons. The van der Waals surface area contributed by atoms with Gasteiger partial charge in [-0.1, -0.05) is 30.0 Å². The molecule has 0 saturated heterocycles. The van der Waals surface area contributed by atoms with Gasteiger partial charge in [-0.05, 0) is 30.5 Å². The Morgan fingerprint density at radius 3 is 2.62 bits per heavy atom. The van der Waals surface area contributed by atoms with Crippen molar-refractivity contribution < 1.29 is 4.79 Å². The van der Waals surface area contributed by atoms with Gasteiger partial charge in [0.2, 0.25) is 5.91 Å². The van der Waals surface area contributed by atoms with Crippen molar-refractivity contribution in [2.45, 2.75) is 17.3 Å². The van der Waals surface area contributed by atoms with Gasteiger partial charge in [0.05, 0.1) is 16.3 Å². The summed E-state index contributed by atoms with van der Waals surface area (Å²) in [7, 11) is 3.44. The van der Waals surface area contributed by atoms with Crippen molar-refractivity contribution in [2.24, 2.45) is 0 Å². The first-order chi connectivity index (χ1) is 11.5. The van der Waals surface area contributed by atoms with E-state index in [-0.39, 0.29) is 16.7 Å². The van der Waals surface area contributed by atoms with Gasteiger partial charge in [0.1, 0.15) is 4.83 Å². The molecule has 24 heavy (non-hydrogen) atoms. The van der Waals surface area contributed by atoms with Crippen molar-refractivity contribution in [1.82, 2.24) is 14.5 Å². The van der Waals surface area contributed by atoms with Crippen LogP contribution in [0.15, 0.2) is 51.7 Å². The second-order valence-electron chi connectivity index (χ2n) is 5.50. The van der Waals surface area contributed by atoms with Crippen molar-refractivity contribution in [3.05, 3.63) is 52.1 Å². The number of hydrogen-bond donors (Lipinski definition) is 0. The third-order valence-corrected chi connectivity index (χ3v) is 5.40. The molecule has 3 aromatic rings. The molecule has 0 unspecified atom stereocenters. The van der Waals surface area contributed by atoms with Gasteiger partial charge in [-0.15, -0.1) is 11.3 Å². The number of thiophene rings is 1. The Bertz CT molecular complexity index is 932. The number of amides is 1. The van der Waals surface area contributed by atoms with Crippen LogP contribution in [0.3, 0.4) is 0 Å². The van der Waals surface area contributed by atoms with Crippen LogP contribution in [0.1, 0.15) is 6.92 Å². The van der Waals surface area contributed by atoms with Crippen molar-refractivity contribution in [2.75, 3.05) is 14.1 Å². The number of thioether (sulfide) groups is 1. The van der Waals surface area contributed by atoms with E-state index in [4.69, 9.17) is 0 Å². The molecule has 7 heteroatoms. The molecular formula is C17H17N3O2S2. The van der Waals surface area contributed by atoms with E-state index in [0.717, 1.165) is 5.69 Å². The molecule has 2 heterocycles. The van der Waals surface area contributed by atoms with Crippen molar-refractivity contribution >= 4 is 39.2 Å². The summed E-state index contributed by atoms with van der Waals surface area (Å²) in [5.41, 5.74) is 0.634. The normalized spacial score (nSPS) is 12.3. The Balaban J connectivity index is 2.15. The first-order valence-corrected chi connectivity index (χ1v) is 9.18.